The monoisotopic (exact) mass is 299 g/mol. The first-order chi connectivity index (χ1) is 10.5. The van der Waals surface area contributed by atoms with Crippen molar-refractivity contribution in [2.45, 2.75) is 26.7 Å². The van der Waals surface area contributed by atoms with E-state index in [1.54, 1.807) is 6.92 Å². The summed E-state index contributed by atoms with van der Waals surface area (Å²) < 4.78 is 1.86. The molecule has 0 aliphatic carbocycles. The highest BCUT2D eigenvalue weighted by atomic mass is 16.2. The third-order valence-corrected chi connectivity index (χ3v) is 4.58. The number of carbonyl (C=O) groups excluding carboxylic acids is 2. The minimum atomic E-state index is -0.0432. The summed E-state index contributed by atoms with van der Waals surface area (Å²) in [5.74, 6) is 0.762. The van der Waals surface area contributed by atoms with Gasteiger partial charge in [0.05, 0.1) is 11.0 Å². The molecule has 1 aromatic heterocycles. The molecule has 0 bridgehead atoms. The minimum absolute atomic E-state index is 0.0432. The number of fused-ring (bicyclic) bond motifs is 1. The first-order valence-corrected chi connectivity index (χ1v) is 7.70. The number of likely N-dealkylation sites (tertiary alicyclic amines) is 1. The minimum Gasteiger partial charge on any atom is -0.336 e. The van der Waals surface area contributed by atoms with Gasteiger partial charge in [-0.2, -0.15) is 0 Å². The van der Waals surface area contributed by atoms with Gasteiger partial charge in [-0.15, -0.1) is 0 Å². The fourth-order valence-electron chi connectivity index (χ4n) is 3.12. The van der Waals surface area contributed by atoms with Gasteiger partial charge in [0.2, 0.25) is 0 Å². The number of amides is 1. The van der Waals surface area contributed by atoms with Gasteiger partial charge < -0.3 is 9.47 Å². The molecule has 1 fully saturated rings. The van der Waals surface area contributed by atoms with Crippen molar-refractivity contribution in [3.05, 3.63) is 29.6 Å². The van der Waals surface area contributed by atoms with Gasteiger partial charge in [0, 0.05) is 26.1 Å². The molecule has 1 aliphatic heterocycles. The van der Waals surface area contributed by atoms with Crippen LogP contribution in [0.3, 0.4) is 0 Å². The van der Waals surface area contributed by atoms with Gasteiger partial charge in [-0.3, -0.25) is 9.59 Å². The Kier molecular flexibility index (Phi) is 3.72. The molecule has 5 heteroatoms. The summed E-state index contributed by atoms with van der Waals surface area (Å²) in [6, 6.07) is 5.99. The van der Waals surface area contributed by atoms with E-state index in [-0.39, 0.29) is 17.6 Å². The van der Waals surface area contributed by atoms with Crippen LogP contribution in [0.5, 0.6) is 0 Å². The second kappa shape index (κ2) is 5.55. The van der Waals surface area contributed by atoms with Gasteiger partial charge in [0.1, 0.15) is 5.78 Å². The number of aryl methyl sites for hydroxylation is 2. The van der Waals surface area contributed by atoms with E-state index < -0.39 is 0 Å². The molecular weight excluding hydrogens is 278 g/mol. The fraction of sp³-hybridized carbons (Fsp3) is 0.471. The number of imidazole rings is 1. The zero-order valence-electron chi connectivity index (χ0n) is 13.3. The number of Topliss-reactive ketones (excluding diaryl/α,β-unsaturated/α-hetero) is 1. The van der Waals surface area contributed by atoms with Crippen molar-refractivity contribution < 1.29 is 9.59 Å². The first-order valence-electron chi connectivity index (χ1n) is 7.70. The van der Waals surface area contributed by atoms with Crippen LogP contribution < -0.4 is 0 Å². The van der Waals surface area contributed by atoms with Crippen molar-refractivity contribution in [2.24, 2.45) is 13.0 Å². The summed E-state index contributed by atoms with van der Waals surface area (Å²) in [6.45, 7) is 4.92. The van der Waals surface area contributed by atoms with E-state index in [9.17, 15) is 9.59 Å². The Morgan fingerprint density at radius 3 is 2.55 bits per heavy atom. The lowest BCUT2D eigenvalue weighted by Crippen LogP contribution is -2.40. The molecule has 22 heavy (non-hydrogen) atoms. The van der Waals surface area contributed by atoms with Gasteiger partial charge >= 0.3 is 0 Å². The van der Waals surface area contributed by atoms with Crippen molar-refractivity contribution >= 4 is 22.7 Å². The maximum atomic E-state index is 12.7. The van der Waals surface area contributed by atoms with E-state index in [1.807, 2.05) is 41.6 Å². The van der Waals surface area contributed by atoms with Crippen LogP contribution in [0.2, 0.25) is 0 Å². The summed E-state index contributed by atoms with van der Waals surface area (Å²) in [5.41, 5.74) is 2.97. The lowest BCUT2D eigenvalue weighted by Gasteiger charge is -2.30. The lowest BCUT2D eigenvalue weighted by atomic mass is 9.93. The first kappa shape index (κ1) is 14.8. The van der Waals surface area contributed by atoms with Crippen LogP contribution in [0.1, 0.15) is 35.9 Å². The van der Waals surface area contributed by atoms with E-state index in [4.69, 9.17) is 0 Å². The molecular formula is C17H21N3O2. The molecule has 5 nitrogen and oxygen atoms in total. The summed E-state index contributed by atoms with van der Waals surface area (Å²) in [4.78, 5) is 30.4. The average molecular weight is 299 g/mol. The molecule has 2 aromatic rings. The Labute approximate surface area is 129 Å². The number of nitrogens with zero attached hydrogens (tertiary/aromatic N) is 3. The molecule has 0 radical (unpaired) electrons. The Balaban J connectivity index is 1.84. The third-order valence-electron chi connectivity index (χ3n) is 4.58. The van der Waals surface area contributed by atoms with Crippen LogP contribution in [0.25, 0.3) is 11.0 Å². The lowest BCUT2D eigenvalue weighted by molar-refractivity contribution is -0.121. The van der Waals surface area contributed by atoms with E-state index in [2.05, 4.69) is 4.98 Å². The number of carbonyl (C=O) groups is 2. The quantitative estimate of drug-likeness (QED) is 0.855. The van der Waals surface area contributed by atoms with Crippen molar-refractivity contribution in [2.75, 3.05) is 13.1 Å². The molecule has 1 aliphatic rings. The predicted octanol–water partition coefficient (Wildman–Crippen LogP) is 2.32. The van der Waals surface area contributed by atoms with E-state index in [0.29, 0.717) is 18.9 Å². The maximum absolute atomic E-state index is 12.7. The molecule has 116 valence electrons. The van der Waals surface area contributed by atoms with Gasteiger partial charge in [0.25, 0.3) is 5.91 Å². The number of ketones is 1. The SMILES string of the molecule is CC(=O)C1CCN(C(=O)c2nc3ccc(C)cc3n2C)CC1. The number of aromatic nitrogens is 2. The highest BCUT2D eigenvalue weighted by Gasteiger charge is 2.28. The van der Waals surface area contributed by atoms with Crippen LogP contribution in [0, 0.1) is 12.8 Å². The van der Waals surface area contributed by atoms with Crippen LogP contribution in [-0.4, -0.2) is 39.2 Å². The van der Waals surface area contributed by atoms with Gasteiger partial charge in [-0.1, -0.05) is 6.07 Å². The molecule has 0 saturated carbocycles. The van der Waals surface area contributed by atoms with E-state index >= 15 is 0 Å². The van der Waals surface area contributed by atoms with Crippen LogP contribution >= 0.6 is 0 Å². The van der Waals surface area contributed by atoms with E-state index in [1.165, 1.54) is 0 Å². The number of benzene rings is 1. The summed E-state index contributed by atoms with van der Waals surface area (Å²) in [5, 5.41) is 0. The van der Waals surface area contributed by atoms with Gasteiger partial charge in [-0.25, -0.2) is 4.98 Å². The zero-order valence-corrected chi connectivity index (χ0v) is 13.3. The molecule has 0 atom stereocenters. The van der Waals surface area contributed by atoms with Crippen molar-refractivity contribution in [3.8, 4) is 0 Å². The molecule has 0 N–H and O–H groups in total. The van der Waals surface area contributed by atoms with Crippen molar-refractivity contribution in [1.82, 2.24) is 14.5 Å². The molecule has 3 rings (SSSR count). The highest BCUT2D eigenvalue weighted by Crippen LogP contribution is 2.22. The molecule has 1 aromatic carbocycles. The maximum Gasteiger partial charge on any atom is 0.289 e. The van der Waals surface area contributed by atoms with Crippen LogP contribution in [-0.2, 0) is 11.8 Å². The largest absolute Gasteiger partial charge is 0.336 e. The summed E-state index contributed by atoms with van der Waals surface area (Å²) in [6.07, 6.45) is 1.51. The third kappa shape index (κ3) is 2.51. The second-order valence-electron chi connectivity index (χ2n) is 6.16. The number of rotatable bonds is 2. The topological polar surface area (TPSA) is 55.2 Å². The normalized spacial score (nSPS) is 16.2. The average Bonchev–Trinajstić information content (AvgIpc) is 2.83. The highest BCUT2D eigenvalue weighted by molar-refractivity contribution is 5.95. The predicted molar refractivity (Wildman–Crippen MR) is 84.8 cm³/mol. The zero-order chi connectivity index (χ0) is 15.9. The Bertz CT molecular complexity index is 740. The van der Waals surface area contributed by atoms with Crippen LogP contribution in [0.4, 0.5) is 0 Å². The summed E-state index contributed by atoms with van der Waals surface area (Å²) >= 11 is 0. The number of hydrogen-bond acceptors (Lipinski definition) is 3. The van der Waals surface area contributed by atoms with Gasteiger partial charge in [0.15, 0.2) is 5.82 Å². The smallest absolute Gasteiger partial charge is 0.289 e. The van der Waals surface area contributed by atoms with Crippen molar-refractivity contribution in [1.29, 1.82) is 0 Å². The Morgan fingerprint density at radius 2 is 1.91 bits per heavy atom. The summed E-state index contributed by atoms with van der Waals surface area (Å²) in [7, 11) is 1.88. The molecule has 0 unspecified atom stereocenters. The van der Waals surface area contributed by atoms with Crippen LogP contribution in [0.15, 0.2) is 18.2 Å². The fourth-order valence-corrected chi connectivity index (χ4v) is 3.12. The van der Waals surface area contributed by atoms with Crippen molar-refractivity contribution in [3.63, 3.8) is 0 Å². The number of hydrogen-bond donors (Lipinski definition) is 0. The molecule has 2 heterocycles. The van der Waals surface area contributed by atoms with Gasteiger partial charge in [-0.05, 0) is 44.4 Å². The standard InChI is InChI=1S/C17H21N3O2/c1-11-4-5-14-15(10-11)19(3)16(18-14)17(22)20-8-6-13(7-9-20)12(2)21/h4-5,10,13H,6-9H2,1-3H3. The Hall–Kier alpha value is -2.17. The molecule has 0 spiro atoms. The number of piperidine rings is 1. The molecule has 1 amide bonds. The Morgan fingerprint density at radius 1 is 1.23 bits per heavy atom. The van der Waals surface area contributed by atoms with E-state index in [0.717, 1.165) is 29.4 Å². The molecule has 1 saturated heterocycles. The second-order valence-corrected chi connectivity index (χ2v) is 6.16.